The van der Waals surface area contributed by atoms with E-state index in [1.54, 1.807) is 0 Å². The number of nitrogens with zero attached hydrogens (tertiary/aromatic N) is 1. The molecule has 0 saturated carbocycles. The van der Waals surface area contributed by atoms with Crippen molar-refractivity contribution in [2.75, 3.05) is 10.2 Å². The molecule has 0 amide bonds. The van der Waals surface area contributed by atoms with Crippen LogP contribution in [0.3, 0.4) is 0 Å². The predicted octanol–water partition coefficient (Wildman–Crippen LogP) is 10.3. The van der Waals surface area contributed by atoms with Crippen molar-refractivity contribution in [3.63, 3.8) is 0 Å². The molecule has 48 heavy (non-hydrogen) atoms. The van der Waals surface area contributed by atoms with Gasteiger partial charge in [0.25, 0.3) is 0 Å². The summed E-state index contributed by atoms with van der Waals surface area (Å²) in [4.78, 5) is 2.55. The molecule has 0 saturated heterocycles. The third kappa shape index (κ3) is 3.83. The Morgan fingerprint density at radius 1 is 0.625 bits per heavy atom. The lowest BCUT2D eigenvalue weighted by atomic mass is 9.56. The Hall–Kier alpha value is -5.74. The molecule has 7 aromatic carbocycles. The third-order valence-electron chi connectivity index (χ3n) is 10.7. The second kappa shape index (κ2) is 9.89. The van der Waals surface area contributed by atoms with Gasteiger partial charge >= 0.3 is 0 Å². The van der Waals surface area contributed by atoms with Crippen LogP contribution in [0.1, 0.15) is 30.5 Å². The SMILES string of the molecule is Cc1cc(-c2cc3ccccc3cc2Nc2cccc3oc4ccccc4c23)c2c(c1)N1c3ccccc3C(C)(C)c3cccc(c31)B2. The molecule has 3 nitrogen and oxygen atoms in total. The number of hydrogen-bond donors (Lipinski definition) is 1. The largest absolute Gasteiger partial charge is 0.456 e. The number of fused-ring (bicyclic) bond motifs is 8. The Bertz CT molecular complexity index is 2630. The lowest BCUT2D eigenvalue weighted by Gasteiger charge is -2.46. The van der Waals surface area contributed by atoms with Gasteiger partial charge in [0.1, 0.15) is 11.2 Å². The molecule has 0 bridgehead atoms. The number of para-hydroxylation sites is 3. The maximum atomic E-state index is 6.28. The fourth-order valence-electron chi connectivity index (χ4n) is 8.42. The van der Waals surface area contributed by atoms with Gasteiger partial charge in [0.05, 0.1) is 16.8 Å². The smallest absolute Gasteiger partial charge is 0.198 e. The van der Waals surface area contributed by atoms with E-state index in [9.17, 15) is 0 Å². The average molecular weight is 617 g/mol. The fraction of sp³-hybridized carbons (Fsp3) is 0.0909. The monoisotopic (exact) mass is 616 g/mol. The van der Waals surface area contributed by atoms with E-state index in [2.05, 4.69) is 152 Å². The molecule has 0 fully saturated rings. The second-order valence-electron chi connectivity index (χ2n) is 13.9. The Labute approximate surface area is 280 Å². The van der Waals surface area contributed by atoms with Crippen molar-refractivity contribution >= 4 is 79.4 Å². The van der Waals surface area contributed by atoms with Crippen LogP contribution < -0.4 is 21.1 Å². The van der Waals surface area contributed by atoms with E-state index >= 15 is 0 Å². The van der Waals surface area contributed by atoms with Gasteiger partial charge in [-0.3, -0.25) is 0 Å². The molecular weight excluding hydrogens is 583 g/mol. The Morgan fingerprint density at radius 3 is 2.25 bits per heavy atom. The van der Waals surface area contributed by atoms with Crippen molar-refractivity contribution in [1.29, 1.82) is 0 Å². The van der Waals surface area contributed by atoms with Gasteiger partial charge in [0.15, 0.2) is 7.28 Å². The van der Waals surface area contributed by atoms with Crippen molar-refractivity contribution in [2.45, 2.75) is 26.2 Å². The molecule has 0 aliphatic carbocycles. The van der Waals surface area contributed by atoms with Crippen molar-refractivity contribution in [2.24, 2.45) is 0 Å². The fourth-order valence-corrected chi connectivity index (χ4v) is 8.42. The normalized spacial score (nSPS) is 14.0. The highest BCUT2D eigenvalue weighted by Gasteiger charge is 2.41. The molecule has 4 heteroatoms. The second-order valence-corrected chi connectivity index (χ2v) is 13.9. The Morgan fingerprint density at radius 2 is 1.35 bits per heavy atom. The first-order valence-corrected chi connectivity index (χ1v) is 16.8. The van der Waals surface area contributed by atoms with Gasteiger partial charge in [-0.05, 0) is 87.9 Å². The highest BCUT2D eigenvalue weighted by Crippen LogP contribution is 2.52. The van der Waals surface area contributed by atoms with Gasteiger partial charge in [-0.2, -0.15) is 0 Å². The van der Waals surface area contributed by atoms with Crippen molar-refractivity contribution in [1.82, 2.24) is 0 Å². The van der Waals surface area contributed by atoms with Crippen molar-refractivity contribution in [3.8, 4) is 11.1 Å². The van der Waals surface area contributed by atoms with E-state index in [4.69, 9.17) is 4.42 Å². The molecule has 0 radical (unpaired) electrons. The molecule has 10 rings (SSSR count). The van der Waals surface area contributed by atoms with Gasteiger partial charge in [0, 0.05) is 33.4 Å². The quantitative estimate of drug-likeness (QED) is 0.200. The van der Waals surface area contributed by atoms with Gasteiger partial charge in [-0.1, -0.05) is 110 Å². The molecule has 1 N–H and O–H groups in total. The molecule has 0 spiro atoms. The van der Waals surface area contributed by atoms with Crippen LogP contribution in [-0.4, -0.2) is 7.28 Å². The molecule has 2 aliphatic rings. The number of furan rings is 1. The van der Waals surface area contributed by atoms with Crippen LogP contribution in [0.2, 0.25) is 0 Å². The number of nitrogens with one attached hydrogen (secondary N) is 1. The summed E-state index contributed by atoms with van der Waals surface area (Å²) in [5.74, 6) is 0. The zero-order valence-electron chi connectivity index (χ0n) is 27.3. The zero-order valence-corrected chi connectivity index (χ0v) is 27.3. The van der Waals surface area contributed by atoms with E-state index in [1.165, 1.54) is 66.6 Å². The van der Waals surface area contributed by atoms with Crippen LogP contribution in [0.5, 0.6) is 0 Å². The van der Waals surface area contributed by atoms with Crippen LogP contribution >= 0.6 is 0 Å². The van der Waals surface area contributed by atoms with E-state index in [0.29, 0.717) is 0 Å². The maximum absolute atomic E-state index is 6.28. The number of hydrogen-bond acceptors (Lipinski definition) is 3. The molecular formula is C44H33BN2O. The summed E-state index contributed by atoms with van der Waals surface area (Å²) in [7, 11) is 0.872. The molecule has 228 valence electrons. The van der Waals surface area contributed by atoms with Crippen LogP contribution in [-0.2, 0) is 5.41 Å². The summed E-state index contributed by atoms with van der Waals surface area (Å²) in [5.41, 5.74) is 16.9. The van der Waals surface area contributed by atoms with E-state index in [0.717, 1.165) is 40.6 Å². The maximum Gasteiger partial charge on any atom is 0.198 e. The number of rotatable bonds is 3. The summed E-state index contributed by atoms with van der Waals surface area (Å²) in [6.07, 6.45) is 0. The first-order chi connectivity index (χ1) is 23.5. The topological polar surface area (TPSA) is 28.4 Å². The molecule has 0 unspecified atom stereocenters. The van der Waals surface area contributed by atoms with E-state index < -0.39 is 0 Å². The molecule has 1 aromatic heterocycles. The van der Waals surface area contributed by atoms with Crippen LogP contribution in [0, 0.1) is 6.92 Å². The minimum Gasteiger partial charge on any atom is -0.456 e. The highest BCUT2D eigenvalue weighted by molar-refractivity contribution is 6.73. The molecule has 3 heterocycles. The minimum atomic E-state index is -0.0870. The average Bonchev–Trinajstić information content (AvgIpc) is 3.49. The van der Waals surface area contributed by atoms with Gasteiger partial charge in [0.2, 0.25) is 0 Å². The lowest BCUT2D eigenvalue weighted by Crippen LogP contribution is -2.45. The third-order valence-corrected chi connectivity index (χ3v) is 10.7. The molecule has 2 aliphatic heterocycles. The van der Waals surface area contributed by atoms with Gasteiger partial charge in [-0.15, -0.1) is 0 Å². The van der Waals surface area contributed by atoms with E-state index in [-0.39, 0.29) is 5.41 Å². The zero-order chi connectivity index (χ0) is 32.1. The van der Waals surface area contributed by atoms with Crippen LogP contribution in [0.4, 0.5) is 28.4 Å². The predicted molar refractivity (Wildman–Crippen MR) is 204 cm³/mol. The first kappa shape index (κ1) is 27.4. The first-order valence-electron chi connectivity index (χ1n) is 16.8. The van der Waals surface area contributed by atoms with Crippen molar-refractivity contribution in [3.05, 3.63) is 150 Å². The van der Waals surface area contributed by atoms with Crippen LogP contribution in [0.25, 0.3) is 43.8 Å². The number of aryl methyl sites for hydroxylation is 1. The van der Waals surface area contributed by atoms with Gasteiger partial charge < -0.3 is 14.6 Å². The number of benzene rings is 7. The van der Waals surface area contributed by atoms with E-state index in [1.807, 2.05) is 12.1 Å². The minimum absolute atomic E-state index is 0.0870. The lowest BCUT2D eigenvalue weighted by molar-refractivity contribution is 0.632. The Balaban J connectivity index is 1.23. The highest BCUT2D eigenvalue weighted by atomic mass is 16.3. The Kier molecular flexibility index (Phi) is 5.64. The summed E-state index contributed by atoms with van der Waals surface area (Å²) >= 11 is 0. The standard InChI is InChI=1S/C44H33BN2O/c1-26-22-31(42-38(23-26)47-37-19-8-7-15-32(37)44(2,3)33-16-10-17-34(45-42)43(33)47)30-24-27-12-4-5-13-28(27)25-36(30)46-35-18-11-21-40-41(35)29-14-6-9-20-39(29)48-40/h4-25,45-46H,1-3H3. The van der Waals surface area contributed by atoms with Crippen LogP contribution in [0.15, 0.2) is 138 Å². The summed E-state index contributed by atoms with van der Waals surface area (Å²) in [5, 5.41) is 8.58. The molecule has 0 atom stereocenters. The van der Waals surface area contributed by atoms with Gasteiger partial charge in [-0.25, -0.2) is 0 Å². The number of anilines is 5. The summed E-state index contributed by atoms with van der Waals surface area (Å²) in [6, 6.07) is 48.6. The van der Waals surface area contributed by atoms with Crippen molar-refractivity contribution < 1.29 is 4.42 Å². The molecule has 8 aromatic rings. The summed E-state index contributed by atoms with van der Waals surface area (Å²) in [6.45, 7) is 6.97. The summed E-state index contributed by atoms with van der Waals surface area (Å²) < 4.78 is 6.28.